The van der Waals surface area contributed by atoms with Gasteiger partial charge in [-0.3, -0.25) is 4.72 Å². The van der Waals surface area contributed by atoms with Gasteiger partial charge < -0.3 is 9.84 Å². The van der Waals surface area contributed by atoms with E-state index in [1.54, 1.807) is 12.1 Å². The van der Waals surface area contributed by atoms with E-state index < -0.39 is 16.0 Å². The zero-order chi connectivity index (χ0) is 15.9. The third-order valence-corrected chi connectivity index (χ3v) is 3.45. The number of sulfonamides is 1. The van der Waals surface area contributed by atoms with Gasteiger partial charge in [-0.05, 0) is 32.1 Å². The summed E-state index contributed by atoms with van der Waals surface area (Å²) in [5.74, 6) is -1.15. The largest absolute Gasteiger partial charge is 0.478 e. The standard InChI is InChI=1S/C13H18N2O5S/c1-10(2)20-8-9-21(18,19)15-12-5-3-4-11(14-12)6-7-13(16)17/h3-7,10H,8-9H2,1-2H3,(H,14,15)(H,16,17). The summed E-state index contributed by atoms with van der Waals surface area (Å²) in [4.78, 5) is 14.4. The second-order valence-electron chi connectivity index (χ2n) is 4.46. The van der Waals surface area contributed by atoms with Gasteiger partial charge in [0.15, 0.2) is 0 Å². The van der Waals surface area contributed by atoms with Crippen molar-refractivity contribution in [3.05, 3.63) is 30.0 Å². The van der Waals surface area contributed by atoms with E-state index in [1.165, 1.54) is 12.1 Å². The predicted molar refractivity (Wildman–Crippen MR) is 79.4 cm³/mol. The molecule has 0 aliphatic carbocycles. The van der Waals surface area contributed by atoms with Crippen LogP contribution in [0.2, 0.25) is 0 Å². The van der Waals surface area contributed by atoms with E-state index in [9.17, 15) is 13.2 Å². The molecular formula is C13H18N2O5S. The molecule has 7 nitrogen and oxygen atoms in total. The highest BCUT2D eigenvalue weighted by atomic mass is 32.2. The summed E-state index contributed by atoms with van der Waals surface area (Å²) >= 11 is 0. The third kappa shape index (κ3) is 7.42. The molecule has 0 bridgehead atoms. The zero-order valence-corrected chi connectivity index (χ0v) is 12.6. The number of carbonyl (C=O) groups is 1. The molecule has 0 saturated carbocycles. The lowest BCUT2D eigenvalue weighted by atomic mass is 10.3. The van der Waals surface area contributed by atoms with E-state index in [-0.39, 0.29) is 24.3 Å². The van der Waals surface area contributed by atoms with E-state index >= 15 is 0 Å². The predicted octanol–water partition coefficient (Wildman–Crippen LogP) is 1.35. The average Bonchev–Trinajstić information content (AvgIpc) is 2.35. The summed E-state index contributed by atoms with van der Waals surface area (Å²) in [6.07, 6.45) is 2.17. The molecule has 8 heteroatoms. The van der Waals surface area contributed by atoms with Gasteiger partial charge in [-0.2, -0.15) is 0 Å². The molecular weight excluding hydrogens is 296 g/mol. The van der Waals surface area contributed by atoms with Gasteiger partial charge in [0.2, 0.25) is 10.0 Å². The van der Waals surface area contributed by atoms with Crippen LogP contribution < -0.4 is 4.72 Å². The van der Waals surface area contributed by atoms with Gasteiger partial charge in [-0.1, -0.05) is 6.07 Å². The SMILES string of the molecule is CC(C)OCCS(=O)(=O)Nc1cccc(C=CC(=O)O)n1. The van der Waals surface area contributed by atoms with E-state index in [4.69, 9.17) is 9.84 Å². The van der Waals surface area contributed by atoms with Crippen molar-refractivity contribution >= 4 is 27.9 Å². The maximum absolute atomic E-state index is 11.8. The molecule has 1 aromatic rings. The minimum Gasteiger partial charge on any atom is -0.478 e. The summed E-state index contributed by atoms with van der Waals surface area (Å²) in [7, 11) is -3.56. The molecule has 0 aliphatic heterocycles. The summed E-state index contributed by atoms with van der Waals surface area (Å²) < 4.78 is 31.1. The molecule has 0 atom stereocenters. The molecule has 0 fully saturated rings. The van der Waals surface area contributed by atoms with Crippen molar-refractivity contribution in [2.75, 3.05) is 17.1 Å². The molecule has 1 rings (SSSR count). The molecule has 0 aromatic carbocycles. The lowest BCUT2D eigenvalue weighted by Crippen LogP contribution is -2.22. The number of anilines is 1. The first-order valence-corrected chi connectivity index (χ1v) is 7.94. The first-order valence-electron chi connectivity index (χ1n) is 6.28. The fourth-order valence-electron chi connectivity index (χ4n) is 1.36. The summed E-state index contributed by atoms with van der Waals surface area (Å²) in [5, 5.41) is 8.53. The minimum absolute atomic E-state index is 0.0391. The van der Waals surface area contributed by atoms with Crippen LogP contribution >= 0.6 is 0 Å². The number of nitrogens with zero attached hydrogens (tertiary/aromatic N) is 1. The molecule has 1 heterocycles. The average molecular weight is 314 g/mol. The fraction of sp³-hybridized carbons (Fsp3) is 0.385. The van der Waals surface area contributed by atoms with Crippen molar-refractivity contribution in [3.8, 4) is 0 Å². The molecule has 0 unspecified atom stereocenters. The number of hydrogen-bond donors (Lipinski definition) is 2. The lowest BCUT2D eigenvalue weighted by molar-refractivity contribution is -0.131. The monoisotopic (exact) mass is 314 g/mol. The lowest BCUT2D eigenvalue weighted by Gasteiger charge is -2.09. The van der Waals surface area contributed by atoms with E-state index in [0.29, 0.717) is 5.69 Å². The summed E-state index contributed by atoms with van der Waals surface area (Å²) in [5.41, 5.74) is 0.344. The molecule has 0 spiro atoms. The van der Waals surface area contributed by atoms with Gasteiger partial charge in [-0.25, -0.2) is 18.2 Å². The van der Waals surface area contributed by atoms with E-state index in [2.05, 4.69) is 9.71 Å². The Morgan fingerprint density at radius 3 is 2.81 bits per heavy atom. The molecule has 2 N–H and O–H groups in total. The highest BCUT2D eigenvalue weighted by Crippen LogP contribution is 2.08. The minimum atomic E-state index is -3.56. The van der Waals surface area contributed by atoms with Crippen molar-refractivity contribution in [2.45, 2.75) is 20.0 Å². The molecule has 116 valence electrons. The highest BCUT2D eigenvalue weighted by Gasteiger charge is 2.11. The molecule has 0 aliphatic rings. The van der Waals surface area contributed by atoms with E-state index in [0.717, 1.165) is 6.08 Å². The normalized spacial score (nSPS) is 12.0. The van der Waals surface area contributed by atoms with Crippen LogP contribution in [0.25, 0.3) is 6.08 Å². The van der Waals surface area contributed by atoms with Gasteiger partial charge in [0, 0.05) is 6.08 Å². The van der Waals surface area contributed by atoms with Gasteiger partial charge in [-0.15, -0.1) is 0 Å². The van der Waals surface area contributed by atoms with Crippen LogP contribution in [0.15, 0.2) is 24.3 Å². The van der Waals surface area contributed by atoms with Crippen molar-refractivity contribution in [3.63, 3.8) is 0 Å². The quantitative estimate of drug-likeness (QED) is 0.702. The molecule has 21 heavy (non-hydrogen) atoms. The first kappa shape index (κ1) is 17.1. The van der Waals surface area contributed by atoms with Gasteiger partial charge >= 0.3 is 5.97 Å². The van der Waals surface area contributed by atoms with Gasteiger partial charge in [0.1, 0.15) is 5.82 Å². The van der Waals surface area contributed by atoms with Crippen molar-refractivity contribution in [2.24, 2.45) is 0 Å². The molecule has 0 amide bonds. The Hall–Kier alpha value is -1.93. The Bertz CT molecular complexity index is 611. The van der Waals surface area contributed by atoms with Crippen LogP contribution in [0.3, 0.4) is 0 Å². The number of nitrogens with one attached hydrogen (secondary N) is 1. The maximum Gasteiger partial charge on any atom is 0.328 e. The number of hydrogen-bond acceptors (Lipinski definition) is 5. The molecule has 0 saturated heterocycles. The van der Waals surface area contributed by atoms with Crippen LogP contribution in [0.5, 0.6) is 0 Å². The second-order valence-corrected chi connectivity index (χ2v) is 6.30. The van der Waals surface area contributed by atoms with Crippen LogP contribution in [0.4, 0.5) is 5.82 Å². The number of aliphatic carboxylic acids is 1. The Kier molecular flexibility index (Phi) is 6.32. The second kappa shape index (κ2) is 7.75. The Balaban J connectivity index is 2.69. The molecule has 0 radical (unpaired) electrons. The molecule has 1 aromatic heterocycles. The zero-order valence-electron chi connectivity index (χ0n) is 11.8. The van der Waals surface area contributed by atoms with Crippen molar-refractivity contribution in [1.82, 2.24) is 4.98 Å². The van der Waals surface area contributed by atoms with Crippen LogP contribution in [0, 0.1) is 0 Å². The smallest absolute Gasteiger partial charge is 0.328 e. The summed E-state index contributed by atoms with van der Waals surface area (Å²) in [6.45, 7) is 3.73. The fourth-order valence-corrected chi connectivity index (χ4v) is 2.21. The first-order chi connectivity index (χ1) is 9.78. The Morgan fingerprint density at radius 2 is 2.19 bits per heavy atom. The number of carboxylic acid groups (broad SMARTS) is 1. The van der Waals surface area contributed by atoms with E-state index in [1.807, 2.05) is 13.8 Å². The van der Waals surface area contributed by atoms with Gasteiger partial charge in [0.25, 0.3) is 0 Å². The number of carboxylic acids is 1. The van der Waals surface area contributed by atoms with Crippen LogP contribution in [0.1, 0.15) is 19.5 Å². The maximum atomic E-state index is 11.8. The number of ether oxygens (including phenoxy) is 1. The topological polar surface area (TPSA) is 106 Å². The third-order valence-electron chi connectivity index (χ3n) is 2.23. The van der Waals surface area contributed by atoms with Crippen molar-refractivity contribution in [1.29, 1.82) is 0 Å². The number of rotatable bonds is 8. The highest BCUT2D eigenvalue weighted by molar-refractivity contribution is 7.92. The summed E-state index contributed by atoms with van der Waals surface area (Å²) in [6, 6.07) is 4.63. The Morgan fingerprint density at radius 1 is 1.48 bits per heavy atom. The van der Waals surface area contributed by atoms with Gasteiger partial charge in [0.05, 0.1) is 24.2 Å². The van der Waals surface area contributed by atoms with Crippen LogP contribution in [-0.4, -0.2) is 42.9 Å². The number of aromatic nitrogens is 1. The Labute approximate surface area is 123 Å². The van der Waals surface area contributed by atoms with Crippen LogP contribution in [-0.2, 0) is 19.6 Å². The van der Waals surface area contributed by atoms with Crippen molar-refractivity contribution < 1.29 is 23.1 Å². The number of pyridine rings is 1.